The fourth-order valence-corrected chi connectivity index (χ4v) is 1.91. The van der Waals surface area contributed by atoms with E-state index in [9.17, 15) is 4.79 Å². The Balaban J connectivity index is 2.74. The Morgan fingerprint density at radius 2 is 1.88 bits per heavy atom. The van der Waals surface area contributed by atoms with Crippen molar-refractivity contribution in [2.75, 3.05) is 13.6 Å². The molecule has 0 fully saturated rings. The van der Waals surface area contributed by atoms with Crippen LogP contribution in [0.2, 0.25) is 10.0 Å². The number of carbonyl (C=O) groups excluding carboxylic acids is 1. The summed E-state index contributed by atoms with van der Waals surface area (Å²) in [4.78, 5) is 13.5. The SMILES string of the molecule is CC(O)CCN(C)C(=O)c1cc(Cl)cc(Cl)c1. The maximum absolute atomic E-state index is 12.0. The normalized spacial score (nSPS) is 12.3. The second-order valence-corrected chi connectivity index (χ2v) is 4.90. The van der Waals surface area contributed by atoms with Gasteiger partial charge in [-0.2, -0.15) is 0 Å². The highest BCUT2D eigenvalue weighted by Gasteiger charge is 2.13. The Kier molecular flexibility index (Phi) is 5.25. The topological polar surface area (TPSA) is 40.5 Å². The van der Waals surface area contributed by atoms with E-state index in [0.717, 1.165) is 0 Å². The van der Waals surface area contributed by atoms with Crippen LogP contribution >= 0.6 is 23.2 Å². The number of benzene rings is 1. The third kappa shape index (κ3) is 4.54. The van der Waals surface area contributed by atoms with E-state index in [0.29, 0.717) is 28.6 Å². The number of amides is 1. The molecule has 0 radical (unpaired) electrons. The molecule has 17 heavy (non-hydrogen) atoms. The quantitative estimate of drug-likeness (QED) is 0.918. The van der Waals surface area contributed by atoms with Crippen molar-refractivity contribution in [2.24, 2.45) is 0 Å². The zero-order valence-electron chi connectivity index (χ0n) is 9.78. The van der Waals surface area contributed by atoms with Crippen molar-refractivity contribution in [1.82, 2.24) is 4.90 Å². The zero-order valence-corrected chi connectivity index (χ0v) is 11.3. The van der Waals surface area contributed by atoms with E-state index < -0.39 is 6.10 Å². The average Bonchev–Trinajstić information content (AvgIpc) is 2.23. The van der Waals surface area contributed by atoms with Gasteiger partial charge in [0, 0.05) is 29.2 Å². The van der Waals surface area contributed by atoms with Crippen molar-refractivity contribution in [3.8, 4) is 0 Å². The number of aliphatic hydroxyl groups is 1. The summed E-state index contributed by atoms with van der Waals surface area (Å²) in [5.74, 6) is -0.157. The van der Waals surface area contributed by atoms with Gasteiger partial charge in [-0.3, -0.25) is 4.79 Å². The van der Waals surface area contributed by atoms with Crippen molar-refractivity contribution in [1.29, 1.82) is 0 Å². The third-order valence-electron chi connectivity index (χ3n) is 2.34. The summed E-state index contributed by atoms with van der Waals surface area (Å²) >= 11 is 11.7. The number of aliphatic hydroxyl groups excluding tert-OH is 1. The summed E-state index contributed by atoms with van der Waals surface area (Å²) in [7, 11) is 1.68. The molecule has 1 atom stereocenters. The van der Waals surface area contributed by atoms with Gasteiger partial charge >= 0.3 is 0 Å². The summed E-state index contributed by atoms with van der Waals surface area (Å²) in [5.41, 5.74) is 0.454. The van der Waals surface area contributed by atoms with E-state index in [1.807, 2.05) is 0 Å². The van der Waals surface area contributed by atoms with Crippen LogP contribution in [0, 0.1) is 0 Å². The summed E-state index contributed by atoms with van der Waals surface area (Å²) < 4.78 is 0. The molecule has 0 aliphatic carbocycles. The monoisotopic (exact) mass is 275 g/mol. The molecule has 5 heteroatoms. The summed E-state index contributed by atoms with van der Waals surface area (Å²) in [5, 5.41) is 10.0. The van der Waals surface area contributed by atoms with Gasteiger partial charge in [0.15, 0.2) is 0 Å². The summed E-state index contributed by atoms with van der Waals surface area (Å²) in [6.45, 7) is 2.18. The van der Waals surface area contributed by atoms with Crippen molar-refractivity contribution in [2.45, 2.75) is 19.4 Å². The van der Waals surface area contributed by atoms with Crippen LogP contribution < -0.4 is 0 Å². The number of carbonyl (C=O) groups is 1. The van der Waals surface area contributed by atoms with E-state index in [1.54, 1.807) is 32.2 Å². The largest absolute Gasteiger partial charge is 0.393 e. The molecule has 94 valence electrons. The molecule has 0 bridgehead atoms. The van der Waals surface area contributed by atoms with E-state index in [-0.39, 0.29) is 5.91 Å². The molecule has 0 spiro atoms. The number of rotatable bonds is 4. The van der Waals surface area contributed by atoms with Crippen LogP contribution in [-0.2, 0) is 0 Å². The van der Waals surface area contributed by atoms with E-state index in [1.165, 1.54) is 4.90 Å². The first-order chi connectivity index (χ1) is 7.90. The zero-order chi connectivity index (χ0) is 13.0. The smallest absolute Gasteiger partial charge is 0.253 e. The lowest BCUT2D eigenvalue weighted by Gasteiger charge is -2.18. The number of halogens is 2. The van der Waals surface area contributed by atoms with Gasteiger partial charge in [0.05, 0.1) is 6.10 Å². The Morgan fingerprint density at radius 1 is 1.35 bits per heavy atom. The van der Waals surface area contributed by atoms with Crippen molar-refractivity contribution in [3.63, 3.8) is 0 Å². The minimum atomic E-state index is -0.423. The average molecular weight is 276 g/mol. The maximum Gasteiger partial charge on any atom is 0.253 e. The molecule has 1 N–H and O–H groups in total. The van der Waals surface area contributed by atoms with Gasteiger partial charge < -0.3 is 10.0 Å². The van der Waals surface area contributed by atoms with Crippen LogP contribution in [0.4, 0.5) is 0 Å². The van der Waals surface area contributed by atoms with Gasteiger partial charge in [0.2, 0.25) is 0 Å². The third-order valence-corrected chi connectivity index (χ3v) is 2.77. The van der Waals surface area contributed by atoms with Gasteiger partial charge in [0.1, 0.15) is 0 Å². The minimum Gasteiger partial charge on any atom is -0.393 e. The minimum absolute atomic E-state index is 0.157. The fraction of sp³-hybridized carbons (Fsp3) is 0.417. The van der Waals surface area contributed by atoms with Gasteiger partial charge in [0.25, 0.3) is 5.91 Å². The first-order valence-corrected chi connectivity index (χ1v) is 6.05. The van der Waals surface area contributed by atoms with Crippen LogP contribution in [0.25, 0.3) is 0 Å². The highest BCUT2D eigenvalue weighted by atomic mass is 35.5. The molecule has 3 nitrogen and oxygen atoms in total. The lowest BCUT2D eigenvalue weighted by Crippen LogP contribution is -2.29. The highest BCUT2D eigenvalue weighted by molar-refractivity contribution is 6.35. The van der Waals surface area contributed by atoms with Crippen LogP contribution in [0.15, 0.2) is 18.2 Å². The van der Waals surface area contributed by atoms with Crippen molar-refractivity contribution >= 4 is 29.1 Å². The number of hydrogen-bond donors (Lipinski definition) is 1. The molecule has 1 rings (SSSR count). The number of nitrogens with zero attached hydrogens (tertiary/aromatic N) is 1. The van der Waals surface area contributed by atoms with E-state index >= 15 is 0 Å². The molecule has 0 aliphatic rings. The van der Waals surface area contributed by atoms with Crippen LogP contribution in [0.3, 0.4) is 0 Å². The molecule has 1 aromatic rings. The second kappa shape index (κ2) is 6.24. The fourth-order valence-electron chi connectivity index (χ4n) is 1.38. The molecule has 1 amide bonds. The van der Waals surface area contributed by atoms with Gasteiger partial charge in [-0.25, -0.2) is 0 Å². The van der Waals surface area contributed by atoms with Gasteiger partial charge in [-0.05, 0) is 31.5 Å². The number of hydrogen-bond acceptors (Lipinski definition) is 2. The lowest BCUT2D eigenvalue weighted by molar-refractivity contribution is 0.0769. The molecular weight excluding hydrogens is 261 g/mol. The standard InChI is InChI=1S/C12H15Cl2NO2/c1-8(16)3-4-15(2)12(17)9-5-10(13)7-11(14)6-9/h5-8,16H,3-4H2,1-2H3. The second-order valence-electron chi connectivity index (χ2n) is 4.02. The Bertz CT molecular complexity index is 387. The van der Waals surface area contributed by atoms with Crippen LogP contribution in [-0.4, -0.2) is 35.6 Å². The summed E-state index contributed by atoms with van der Waals surface area (Å²) in [6, 6.07) is 4.74. The van der Waals surface area contributed by atoms with E-state index in [2.05, 4.69) is 0 Å². The van der Waals surface area contributed by atoms with Gasteiger partial charge in [-0.1, -0.05) is 23.2 Å². The lowest BCUT2D eigenvalue weighted by atomic mass is 10.2. The molecule has 0 heterocycles. The maximum atomic E-state index is 12.0. The molecule has 0 aliphatic heterocycles. The highest BCUT2D eigenvalue weighted by Crippen LogP contribution is 2.20. The Morgan fingerprint density at radius 3 is 2.35 bits per heavy atom. The van der Waals surface area contributed by atoms with Crippen LogP contribution in [0.1, 0.15) is 23.7 Å². The first kappa shape index (κ1) is 14.3. The molecular formula is C12H15Cl2NO2. The predicted octanol–water partition coefficient (Wildman–Crippen LogP) is 2.84. The van der Waals surface area contributed by atoms with Crippen molar-refractivity contribution in [3.05, 3.63) is 33.8 Å². The first-order valence-electron chi connectivity index (χ1n) is 5.29. The molecule has 0 saturated heterocycles. The van der Waals surface area contributed by atoms with E-state index in [4.69, 9.17) is 28.3 Å². The Hall–Kier alpha value is -0.770. The van der Waals surface area contributed by atoms with Crippen LogP contribution in [0.5, 0.6) is 0 Å². The summed E-state index contributed by atoms with van der Waals surface area (Å²) in [6.07, 6.45) is 0.115. The van der Waals surface area contributed by atoms with Gasteiger partial charge in [-0.15, -0.1) is 0 Å². The molecule has 1 unspecified atom stereocenters. The molecule has 0 aromatic heterocycles. The van der Waals surface area contributed by atoms with Crippen molar-refractivity contribution < 1.29 is 9.90 Å². The predicted molar refractivity (Wildman–Crippen MR) is 69.7 cm³/mol. The molecule has 0 saturated carbocycles. The Labute approximate surface area is 111 Å². The molecule has 1 aromatic carbocycles.